The molecule has 2 rings (SSSR count). The molecule has 0 saturated heterocycles. The Morgan fingerprint density at radius 1 is 1.55 bits per heavy atom. The van der Waals surface area contributed by atoms with Crippen molar-refractivity contribution in [2.45, 2.75) is 13.5 Å². The Balaban J connectivity index is 2.08. The molecule has 1 aromatic carbocycles. The van der Waals surface area contributed by atoms with Gasteiger partial charge in [0.25, 0.3) is 5.91 Å². The lowest BCUT2D eigenvalue weighted by Crippen LogP contribution is -2.23. The van der Waals surface area contributed by atoms with E-state index in [0.717, 1.165) is 23.4 Å². The molecule has 8 heteroatoms. The molecule has 2 aromatic rings. The maximum absolute atomic E-state index is 13.4. The van der Waals surface area contributed by atoms with Crippen LogP contribution in [0.1, 0.15) is 21.6 Å². The molecule has 0 aliphatic rings. The van der Waals surface area contributed by atoms with Crippen LogP contribution in [-0.4, -0.2) is 21.0 Å². The van der Waals surface area contributed by atoms with E-state index < -0.39 is 22.3 Å². The van der Waals surface area contributed by atoms with Gasteiger partial charge in [0.1, 0.15) is 0 Å². The zero-order valence-electron chi connectivity index (χ0n) is 10.5. The van der Waals surface area contributed by atoms with Crippen molar-refractivity contribution in [1.82, 2.24) is 15.5 Å². The zero-order valence-corrected chi connectivity index (χ0v) is 10.5. The van der Waals surface area contributed by atoms with Gasteiger partial charge in [0.05, 0.1) is 11.1 Å². The fourth-order valence-electron chi connectivity index (χ4n) is 1.63. The number of hydrogen-bond acceptors (Lipinski definition) is 4. The number of nitrogens with zero attached hydrogens (tertiary/aromatic N) is 2. The number of carbonyl (C=O) groups is 1. The summed E-state index contributed by atoms with van der Waals surface area (Å²) < 4.78 is 13.4. The van der Waals surface area contributed by atoms with Crippen molar-refractivity contribution in [3.05, 3.63) is 57.1 Å². The van der Waals surface area contributed by atoms with Crippen molar-refractivity contribution < 1.29 is 14.1 Å². The predicted molar refractivity (Wildman–Crippen MR) is 67.5 cm³/mol. The quantitative estimate of drug-likeness (QED) is 0.656. The van der Waals surface area contributed by atoms with Crippen LogP contribution in [0.4, 0.5) is 10.1 Å². The van der Waals surface area contributed by atoms with Crippen molar-refractivity contribution in [1.29, 1.82) is 0 Å². The number of rotatable bonds is 4. The maximum atomic E-state index is 13.4. The molecule has 0 fully saturated rings. The normalized spacial score (nSPS) is 10.3. The molecule has 0 atom stereocenters. The average molecular weight is 278 g/mol. The van der Waals surface area contributed by atoms with Gasteiger partial charge in [0.2, 0.25) is 5.82 Å². The number of nitro groups is 1. The summed E-state index contributed by atoms with van der Waals surface area (Å²) in [6.07, 6.45) is 1.58. The van der Waals surface area contributed by atoms with E-state index in [-0.39, 0.29) is 12.1 Å². The second kappa shape index (κ2) is 5.47. The highest BCUT2D eigenvalue weighted by atomic mass is 19.1. The van der Waals surface area contributed by atoms with Crippen LogP contribution in [0.15, 0.2) is 24.4 Å². The Hall–Kier alpha value is -2.77. The molecule has 20 heavy (non-hydrogen) atoms. The van der Waals surface area contributed by atoms with Crippen molar-refractivity contribution >= 4 is 11.6 Å². The predicted octanol–water partition coefficient (Wildman–Crippen LogP) is 1.70. The first kappa shape index (κ1) is 13.7. The molecule has 7 nitrogen and oxygen atoms in total. The third kappa shape index (κ3) is 2.79. The Morgan fingerprint density at radius 2 is 2.30 bits per heavy atom. The van der Waals surface area contributed by atoms with E-state index in [9.17, 15) is 19.3 Å². The lowest BCUT2D eigenvalue weighted by atomic mass is 10.1. The van der Waals surface area contributed by atoms with E-state index in [4.69, 9.17) is 0 Å². The molecule has 1 amide bonds. The number of amides is 1. The Bertz CT molecular complexity index is 668. The lowest BCUT2D eigenvalue weighted by Gasteiger charge is -2.04. The largest absolute Gasteiger partial charge is 0.348 e. The number of aromatic amines is 1. The Labute approximate surface area is 113 Å². The number of nitrogens with one attached hydrogen (secondary N) is 2. The lowest BCUT2D eigenvalue weighted by molar-refractivity contribution is -0.387. The van der Waals surface area contributed by atoms with Crippen LogP contribution in [0.3, 0.4) is 0 Å². The van der Waals surface area contributed by atoms with E-state index >= 15 is 0 Å². The van der Waals surface area contributed by atoms with Gasteiger partial charge in [-0.1, -0.05) is 0 Å². The van der Waals surface area contributed by atoms with Crippen LogP contribution in [0.5, 0.6) is 0 Å². The van der Waals surface area contributed by atoms with Gasteiger partial charge < -0.3 is 5.32 Å². The minimum atomic E-state index is -1.04. The van der Waals surface area contributed by atoms with Crippen molar-refractivity contribution in [3.8, 4) is 0 Å². The van der Waals surface area contributed by atoms with E-state index in [1.54, 1.807) is 13.1 Å². The first-order valence-corrected chi connectivity index (χ1v) is 5.70. The van der Waals surface area contributed by atoms with Crippen LogP contribution in [0.2, 0.25) is 0 Å². The third-order valence-corrected chi connectivity index (χ3v) is 2.78. The number of aryl methyl sites for hydroxylation is 1. The van der Waals surface area contributed by atoms with Gasteiger partial charge in [-0.05, 0) is 19.1 Å². The fraction of sp³-hybridized carbons (Fsp3) is 0.167. The second-order valence-corrected chi connectivity index (χ2v) is 4.13. The van der Waals surface area contributed by atoms with Gasteiger partial charge in [-0.15, -0.1) is 0 Å². The number of carbonyl (C=O) groups excluding carboxylic acids is 1. The summed E-state index contributed by atoms with van der Waals surface area (Å²) >= 11 is 0. The monoisotopic (exact) mass is 278 g/mol. The summed E-state index contributed by atoms with van der Waals surface area (Å²) in [5, 5.41) is 19.6. The number of halogens is 1. The molecule has 104 valence electrons. The Morgan fingerprint density at radius 3 is 2.85 bits per heavy atom. The molecule has 0 unspecified atom stereocenters. The molecule has 0 spiro atoms. The molecule has 0 aliphatic heterocycles. The van der Waals surface area contributed by atoms with Crippen LogP contribution in [0, 0.1) is 22.9 Å². The minimum absolute atomic E-state index is 0.0225. The molecule has 1 heterocycles. The van der Waals surface area contributed by atoms with Gasteiger partial charge in [0, 0.05) is 29.4 Å². The van der Waals surface area contributed by atoms with Gasteiger partial charge in [-0.25, -0.2) is 0 Å². The number of H-pyrrole nitrogens is 1. The SMILES string of the molecule is Cc1[nH]ncc1CNC(=O)c1ccc([N+](=O)[O-])c(F)c1. The van der Waals surface area contributed by atoms with Crippen LogP contribution in [-0.2, 0) is 6.54 Å². The highest BCUT2D eigenvalue weighted by Gasteiger charge is 2.16. The highest BCUT2D eigenvalue weighted by molar-refractivity contribution is 5.94. The first-order chi connectivity index (χ1) is 9.49. The average Bonchev–Trinajstić information content (AvgIpc) is 2.81. The summed E-state index contributed by atoms with van der Waals surface area (Å²) in [7, 11) is 0. The van der Waals surface area contributed by atoms with Gasteiger partial charge in [-0.2, -0.15) is 9.49 Å². The highest BCUT2D eigenvalue weighted by Crippen LogP contribution is 2.18. The van der Waals surface area contributed by atoms with E-state index in [2.05, 4.69) is 15.5 Å². The number of aromatic nitrogens is 2. The van der Waals surface area contributed by atoms with Gasteiger partial charge >= 0.3 is 5.69 Å². The zero-order chi connectivity index (χ0) is 14.7. The molecule has 2 N–H and O–H groups in total. The molecular formula is C12H11FN4O3. The van der Waals surface area contributed by atoms with Crippen molar-refractivity contribution in [3.63, 3.8) is 0 Å². The topological polar surface area (TPSA) is 101 Å². The van der Waals surface area contributed by atoms with Crippen LogP contribution in [0.25, 0.3) is 0 Å². The van der Waals surface area contributed by atoms with Gasteiger partial charge in [0.15, 0.2) is 0 Å². The van der Waals surface area contributed by atoms with Gasteiger partial charge in [-0.3, -0.25) is 20.0 Å². The first-order valence-electron chi connectivity index (χ1n) is 5.70. The fourth-order valence-corrected chi connectivity index (χ4v) is 1.63. The number of hydrogen-bond donors (Lipinski definition) is 2. The molecule has 0 saturated carbocycles. The summed E-state index contributed by atoms with van der Waals surface area (Å²) in [4.78, 5) is 21.4. The number of nitro benzene ring substituents is 1. The van der Waals surface area contributed by atoms with E-state index in [1.165, 1.54) is 6.07 Å². The van der Waals surface area contributed by atoms with E-state index in [1.807, 2.05) is 0 Å². The maximum Gasteiger partial charge on any atom is 0.304 e. The van der Waals surface area contributed by atoms with Crippen molar-refractivity contribution in [2.75, 3.05) is 0 Å². The van der Waals surface area contributed by atoms with Crippen LogP contribution >= 0.6 is 0 Å². The summed E-state index contributed by atoms with van der Waals surface area (Å²) in [5.74, 6) is -1.55. The molecule has 1 aromatic heterocycles. The minimum Gasteiger partial charge on any atom is -0.348 e. The number of benzene rings is 1. The smallest absolute Gasteiger partial charge is 0.304 e. The molecule has 0 aliphatic carbocycles. The molecular weight excluding hydrogens is 267 g/mol. The van der Waals surface area contributed by atoms with E-state index in [0.29, 0.717) is 0 Å². The summed E-state index contributed by atoms with van der Waals surface area (Å²) in [6, 6.07) is 3.02. The second-order valence-electron chi connectivity index (χ2n) is 4.13. The standard InChI is InChI=1S/C12H11FN4O3/c1-7-9(6-15-16-7)5-14-12(18)8-2-3-11(17(19)20)10(13)4-8/h2-4,6H,5H2,1H3,(H,14,18)(H,15,16). The molecule has 0 radical (unpaired) electrons. The summed E-state index contributed by atoms with van der Waals surface area (Å²) in [6.45, 7) is 2.04. The van der Waals surface area contributed by atoms with Crippen molar-refractivity contribution in [2.24, 2.45) is 0 Å². The third-order valence-electron chi connectivity index (χ3n) is 2.78. The Kier molecular flexibility index (Phi) is 3.74. The van der Waals surface area contributed by atoms with Crippen LogP contribution < -0.4 is 5.32 Å². The summed E-state index contributed by atoms with van der Waals surface area (Å²) in [5.41, 5.74) is 0.988. The molecule has 0 bridgehead atoms.